The lowest BCUT2D eigenvalue weighted by molar-refractivity contribution is 0.397. The third-order valence-electron chi connectivity index (χ3n) is 2.15. The van der Waals surface area contributed by atoms with E-state index in [-0.39, 0.29) is 0 Å². The predicted molar refractivity (Wildman–Crippen MR) is 64.6 cm³/mol. The molecule has 0 saturated carbocycles. The van der Waals surface area contributed by atoms with Gasteiger partial charge >= 0.3 is 0 Å². The van der Waals surface area contributed by atoms with Crippen LogP contribution in [-0.2, 0) is 6.54 Å². The highest BCUT2D eigenvalue weighted by Crippen LogP contribution is 2.10. The topological polar surface area (TPSA) is 86.0 Å². The van der Waals surface area contributed by atoms with Gasteiger partial charge in [-0.25, -0.2) is 15.0 Å². The summed E-state index contributed by atoms with van der Waals surface area (Å²) in [6.45, 7) is 0.622. The monoisotopic (exact) mass is 231 g/mol. The second-order valence-corrected chi connectivity index (χ2v) is 3.39. The lowest BCUT2D eigenvalue weighted by atomic mass is 10.2. The molecular weight excluding hydrogens is 218 g/mol. The molecule has 0 aliphatic carbocycles. The average molecular weight is 231 g/mol. The Kier molecular flexibility index (Phi) is 3.34. The molecule has 0 atom stereocenters. The fraction of sp³-hybridized carbons (Fsp3) is 0.182. The minimum Gasteiger partial charge on any atom is -0.481 e. The van der Waals surface area contributed by atoms with Crippen molar-refractivity contribution in [2.45, 2.75) is 6.54 Å². The number of nitrogens with one attached hydrogen (secondary N) is 1. The maximum Gasteiger partial charge on any atom is 0.213 e. The quantitative estimate of drug-likeness (QED) is 0.818. The van der Waals surface area contributed by atoms with Gasteiger partial charge in [-0.05, 0) is 11.6 Å². The number of nitrogen functional groups attached to an aromatic ring is 1. The number of ether oxygens (including phenoxy) is 1. The van der Waals surface area contributed by atoms with E-state index in [1.807, 2.05) is 12.1 Å². The van der Waals surface area contributed by atoms with Crippen molar-refractivity contribution >= 4 is 11.6 Å². The Labute approximate surface area is 98.9 Å². The van der Waals surface area contributed by atoms with E-state index in [1.165, 1.54) is 6.20 Å². The van der Waals surface area contributed by atoms with Crippen LogP contribution in [0.3, 0.4) is 0 Å². The molecule has 0 fully saturated rings. The fourth-order valence-corrected chi connectivity index (χ4v) is 1.29. The van der Waals surface area contributed by atoms with Crippen molar-refractivity contribution < 1.29 is 4.74 Å². The summed E-state index contributed by atoms with van der Waals surface area (Å²) in [5.74, 6) is 1.67. The van der Waals surface area contributed by atoms with Crippen molar-refractivity contribution in [3.8, 4) is 5.88 Å². The minimum atomic E-state index is 0.404. The van der Waals surface area contributed by atoms with E-state index < -0.39 is 0 Å². The van der Waals surface area contributed by atoms with Crippen molar-refractivity contribution in [2.24, 2.45) is 0 Å². The van der Waals surface area contributed by atoms with E-state index in [1.54, 1.807) is 19.5 Å². The molecule has 2 rings (SSSR count). The Balaban J connectivity index is 1.99. The van der Waals surface area contributed by atoms with Crippen molar-refractivity contribution in [1.82, 2.24) is 15.0 Å². The van der Waals surface area contributed by atoms with Crippen LogP contribution >= 0.6 is 0 Å². The van der Waals surface area contributed by atoms with E-state index in [2.05, 4.69) is 20.3 Å². The molecule has 0 aromatic carbocycles. The second-order valence-electron chi connectivity index (χ2n) is 3.39. The predicted octanol–water partition coefficient (Wildman–Crippen LogP) is 1.07. The first-order chi connectivity index (χ1) is 8.28. The van der Waals surface area contributed by atoms with Crippen LogP contribution in [-0.4, -0.2) is 22.1 Å². The first kappa shape index (κ1) is 11.1. The minimum absolute atomic E-state index is 0.404. The van der Waals surface area contributed by atoms with Gasteiger partial charge < -0.3 is 15.8 Å². The first-order valence-electron chi connectivity index (χ1n) is 5.08. The van der Waals surface area contributed by atoms with Gasteiger partial charge in [0.25, 0.3) is 0 Å². The molecule has 0 aliphatic heterocycles. The summed E-state index contributed by atoms with van der Waals surface area (Å²) in [5, 5.41) is 3.13. The molecule has 3 N–H and O–H groups in total. The highest BCUT2D eigenvalue weighted by atomic mass is 16.5. The highest BCUT2D eigenvalue weighted by molar-refractivity contribution is 5.37. The number of nitrogens with zero attached hydrogens (tertiary/aromatic N) is 3. The summed E-state index contributed by atoms with van der Waals surface area (Å²) in [6, 6.07) is 3.76. The van der Waals surface area contributed by atoms with E-state index in [0.717, 1.165) is 5.56 Å². The molecule has 2 aromatic rings. The van der Waals surface area contributed by atoms with E-state index in [9.17, 15) is 0 Å². The molecule has 6 nitrogen and oxygen atoms in total. The zero-order valence-corrected chi connectivity index (χ0v) is 9.42. The Bertz CT molecular complexity index is 485. The Morgan fingerprint density at radius 1 is 1.29 bits per heavy atom. The molecule has 0 aliphatic rings. The maximum absolute atomic E-state index is 5.45. The number of pyridine rings is 1. The van der Waals surface area contributed by atoms with Gasteiger partial charge in [0, 0.05) is 18.8 Å². The lowest BCUT2D eigenvalue weighted by Crippen LogP contribution is -2.03. The number of nitrogens with two attached hydrogens (primary N) is 1. The number of aromatic nitrogens is 3. The van der Waals surface area contributed by atoms with Crippen LogP contribution in [0.15, 0.2) is 30.7 Å². The number of hydrogen-bond acceptors (Lipinski definition) is 6. The molecule has 0 radical (unpaired) electrons. The van der Waals surface area contributed by atoms with Crippen LogP contribution < -0.4 is 15.8 Å². The maximum atomic E-state index is 5.45. The molecule has 2 aromatic heterocycles. The molecule has 17 heavy (non-hydrogen) atoms. The molecule has 0 unspecified atom stereocenters. The van der Waals surface area contributed by atoms with Crippen molar-refractivity contribution in [3.05, 3.63) is 36.3 Å². The van der Waals surface area contributed by atoms with Crippen molar-refractivity contribution in [1.29, 1.82) is 0 Å². The smallest absolute Gasteiger partial charge is 0.213 e. The van der Waals surface area contributed by atoms with Gasteiger partial charge in [-0.1, -0.05) is 0 Å². The molecular formula is C11H13N5O. The molecule has 0 amide bonds. The van der Waals surface area contributed by atoms with Gasteiger partial charge in [0.15, 0.2) is 0 Å². The SMILES string of the molecule is COc1cc(CNc2cnc(N)cn2)ccn1. The molecule has 2 heterocycles. The van der Waals surface area contributed by atoms with Crippen LogP contribution in [0.2, 0.25) is 0 Å². The summed E-state index contributed by atoms with van der Waals surface area (Å²) in [5.41, 5.74) is 6.50. The van der Waals surface area contributed by atoms with Crippen LogP contribution in [0.4, 0.5) is 11.6 Å². The van der Waals surface area contributed by atoms with Gasteiger partial charge in [-0.15, -0.1) is 0 Å². The lowest BCUT2D eigenvalue weighted by Gasteiger charge is -2.06. The third-order valence-corrected chi connectivity index (χ3v) is 2.15. The average Bonchev–Trinajstić information content (AvgIpc) is 2.38. The Morgan fingerprint density at radius 2 is 2.18 bits per heavy atom. The fourth-order valence-electron chi connectivity index (χ4n) is 1.29. The normalized spacial score (nSPS) is 9.94. The molecule has 0 spiro atoms. The zero-order valence-electron chi connectivity index (χ0n) is 9.42. The second kappa shape index (κ2) is 5.11. The van der Waals surface area contributed by atoms with Crippen LogP contribution in [0.5, 0.6) is 5.88 Å². The number of hydrogen-bond donors (Lipinski definition) is 2. The highest BCUT2D eigenvalue weighted by Gasteiger charge is 1.98. The van der Waals surface area contributed by atoms with Crippen LogP contribution in [0.1, 0.15) is 5.56 Å². The van der Waals surface area contributed by atoms with Gasteiger partial charge in [0.2, 0.25) is 5.88 Å². The summed E-state index contributed by atoms with van der Waals surface area (Å²) >= 11 is 0. The third kappa shape index (κ3) is 3.04. The van der Waals surface area contributed by atoms with Gasteiger partial charge in [0.1, 0.15) is 11.6 Å². The Morgan fingerprint density at radius 3 is 2.88 bits per heavy atom. The molecule has 6 heteroatoms. The summed E-state index contributed by atoms with van der Waals surface area (Å²) in [6.07, 6.45) is 4.80. The zero-order chi connectivity index (χ0) is 12.1. The van der Waals surface area contributed by atoms with Gasteiger partial charge in [-0.2, -0.15) is 0 Å². The first-order valence-corrected chi connectivity index (χ1v) is 5.08. The van der Waals surface area contributed by atoms with Crippen molar-refractivity contribution in [3.63, 3.8) is 0 Å². The standard InChI is InChI=1S/C11H13N5O/c1-17-11-4-8(2-3-13-11)5-15-10-7-14-9(12)6-16-10/h2-4,6-7H,5H2,1H3,(H2,12,14)(H,15,16). The number of methoxy groups -OCH3 is 1. The molecule has 0 saturated heterocycles. The van der Waals surface area contributed by atoms with E-state index in [0.29, 0.717) is 24.1 Å². The Hall–Kier alpha value is -2.37. The van der Waals surface area contributed by atoms with E-state index >= 15 is 0 Å². The van der Waals surface area contributed by atoms with Crippen LogP contribution in [0.25, 0.3) is 0 Å². The van der Waals surface area contributed by atoms with Gasteiger partial charge in [0.05, 0.1) is 19.5 Å². The molecule has 88 valence electrons. The van der Waals surface area contributed by atoms with Gasteiger partial charge in [-0.3, -0.25) is 0 Å². The van der Waals surface area contributed by atoms with E-state index in [4.69, 9.17) is 10.5 Å². The summed E-state index contributed by atoms with van der Waals surface area (Å²) in [4.78, 5) is 12.1. The summed E-state index contributed by atoms with van der Waals surface area (Å²) < 4.78 is 5.04. The number of anilines is 2. The summed E-state index contributed by atoms with van der Waals surface area (Å²) in [7, 11) is 1.59. The largest absolute Gasteiger partial charge is 0.481 e. The van der Waals surface area contributed by atoms with Crippen molar-refractivity contribution in [2.75, 3.05) is 18.2 Å². The van der Waals surface area contributed by atoms with Crippen LogP contribution in [0, 0.1) is 0 Å². The number of rotatable bonds is 4. The molecule has 0 bridgehead atoms.